The predicted molar refractivity (Wildman–Crippen MR) is 66.1 cm³/mol. The third-order valence-electron chi connectivity index (χ3n) is 3.40. The molecule has 1 aliphatic heterocycles. The first-order valence-electron chi connectivity index (χ1n) is 5.64. The minimum Gasteiger partial charge on any atom is -0.322 e. The lowest BCUT2D eigenvalue weighted by atomic mass is 10.0. The Labute approximate surface area is 96.1 Å². The van der Waals surface area contributed by atoms with E-state index in [9.17, 15) is 0 Å². The van der Waals surface area contributed by atoms with Gasteiger partial charge in [0.2, 0.25) is 0 Å². The van der Waals surface area contributed by atoms with Crippen molar-refractivity contribution in [3.63, 3.8) is 0 Å². The molecule has 0 spiro atoms. The summed E-state index contributed by atoms with van der Waals surface area (Å²) in [6.45, 7) is 6.84. The molecule has 1 fully saturated rings. The monoisotopic (exact) mass is 224 g/mol. The van der Waals surface area contributed by atoms with Crippen molar-refractivity contribution in [3.05, 3.63) is 22.4 Å². The van der Waals surface area contributed by atoms with E-state index < -0.39 is 0 Å². The first-order valence-corrected chi connectivity index (χ1v) is 6.51. The van der Waals surface area contributed by atoms with E-state index in [1.54, 1.807) is 11.3 Å². The van der Waals surface area contributed by atoms with Crippen LogP contribution in [0.15, 0.2) is 17.5 Å². The second-order valence-electron chi connectivity index (χ2n) is 4.98. The molecule has 0 saturated carbocycles. The summed E-state index contributed by atoms with van der Waals surface area (Å²) >= 11 is 1.76. The molecule has 1 aromatic heterocycles. The fraction of sp³-hybridized carbons (Fsp3) is 0.667. The molecule has 2 heterocycles. The van der Waals surface area contributed by atoms with Crippen LogP contribution in [0.5, 0.6) is 0 Å². The van der Waals surface area contributed by atoms with Crippen LogP contribution in [0.1, 0.15) is 37.6 Å². The van der Waals surface area contributed by atoms with Crippen LogP contribution in [-0.4, -0.2) is 23.5 Å². The summed E-state index contributed by atoms with van der Waals surface area (Å²) in [7, 11) is 0. The molecule has 2 N–H and O–H groups in total. The SMILES string of the molecule is CC1(C)CCCN1CC(N)c1cccs1. The van der Waals surface area contributed by atoms with Crippen LogP contribution in [0, 0.1) is 0 Å². The molecule has 1 aliphatic rings. The molecule has 0 aliphatic carbocycles. The summed E-state index contributed by atoms with van der Waals surface area (Å²) in [4.78, 5) is 3.83. The van der Waals surface area contributed by atoms with Gasteiger partial charge in [0.15, 0.2) is 0 Å². The van der Waals surface area contributed by atoms with Gasteiger partial charge in [-0.25, -0.2) is 0 Å². The average Bonchev–Trinajstić information content (AvgIpc) is 2.76. The van der Waals surface area contributed by atoms with Gasteiger partial charge >= 0.3 is 0 Å². The summed E-state index contributed by atoms with van der Waals surface area (Å²) in [6, 6.07) is 4.40. The summed E-state index contributed by atoms with van der Waals surface area (Å²) in [6.07, 6.45) is 2.61. The Hall–Kier alpha value is -0.380. The van der Waals surface area contributed by atoms with Gasteiger partial charge in [0.1, 0.15) is 0 Å². The molecule has 15 heavy (non-hydrogen) atoms. The Morgan fingerprint density at radius 1 is 1.60 bits per heavy atom. The normalized spacial score (nSPS) is 23.1. The standard InChI is InChI=1S/C12H20N2S/c1-12(2)6-4-7-14(12)9-10(13)11-5-3-8-15-11/h3,5,8,10H,4,6-7,9,13H2,1-2H3. The molecular formula is C12H20N2S. The maximum Gasteiger partial charge on any atom is 0.0519 e. The zero-order valence-corrected chi connectivity index (χ0v) is 10.4. The van der Waals surface area contributed by atoms with Crippen LogP contribution in [0.2, 0.25) is 0 Å². The van der Waals surface area contributed by atoms with E-state index in [2.05, 4.69) is 36.3 Å². The summed E-state index contributed by atoms with van der Waals surface area (Å²) in [5.41, 5.74) is 6.55. The zero-order chi connectivity index (χ0) is 10.9. The predicted octanol–water partition coefficient (Wildman–Crippen LogP) is 2.62. The highest BCUT2D eigenvalue weighted by atomic mass is 32.1. The van der Waals surface area contributed by atoms with Gasteiger partial charge in [-0.05, 0) is 44.7 Å². The molecule has 1 atom stereocenters. The van der Waals surface area contributed by atoms with Gasteiger partial charge < -0.3 is 5.73 Å². The first-order chi connectivity index (χ1) is 7.09. The van der Waals surface area contributed by atoms with Gasteiger partial charge in [0, 0.05) is 17.0 Å². The lowest BCUT2D eigenvalue weighted by molar-refractivity contribution is 0.165. The van der Waals surface area contributed by atoms with Crippen molar-refractivity contribution in [2.75, 3.05) is 13.1 Å². The van der Waals surface area contributed by atoms with E-state index in [1.165, 1.54) is 24.3 Å². The number of rotatable bonds is 3. The van der Waals surface area contributed by atoms with E-state index >= 15 is 0 Å². The van der Waals surface area contributed by atoms with Crippen molar-refractivity contribution in [1.29, 1.82) is 0 Å². The fourth-order valence-corrected chi connectivity index (χ4v) is 3.05. The van der Waals surface area contributed by atoms with Crippen molar-refractivity contribution in [1.82, 2.24) is 4.90 Å². The van der Waals surface area contributed by atoms with Crippen LogP contribution in [0.4, 0.5) is 0 Å². The van der Waals surface area contributed by atoms with E-state index in [4.69, 9.17) is 5.73 Å². The minimum atomic E-state index is 0.183. The molecule has 1 unspecified atom stereocenters. The van der Waals surface area contributed by atoms with Gasteiger partial charge in [-0.3, -0.25) is 4.90 Å². The molecule has 3 heteroatoms. The Morgan fingerprint density at radius 3 is 2.93 bits per heavy atom. The van der Waals surface area contributed by atoms with Gasteiger partial charge in [-0.15, -0.1) is 11.3 Å². The van der Waals surface area contributed by atoms with Crippen LogP contribution < -0.4 is 5.73 Å². The molecule has 1 aromatic rings. The second-order valence-corrected chi connectivity index (χ2v) is 5.96. The minimum absolute atomic E-state index is 0.183. The highest BCUT2D eigenvalue weighted by Crippen LogP contribution is 2.30. The Balaban J connectivity index is 1.97. The Kier molecular flexibility index (Phi) is 3.14. The van der Waals surface area contributed by atoms with Crippen molar-refractivity contribution in [2.45, 2.75) is 38.3 Å². The number of likely N-dealkylation sites (tertiary alicyclic amines) is 1. The molecule has 0 aromatic carbocycles. The topological polar surface area (TPSA) is 29.3 Å². The van der Waals surface area contributed by atoms with Gasteiger partial charge in [-0.1, -0.05) is 6.07 Å². The molecule has 0 radical (unpaired) electrons. The average molecular weight is 224 g/mol. The highest BCUT2D eigenvalue weighted by molar-refractivity contribution is 7.10. The summed E-state index contributed by atoms with van der Waals surface area (Å²) < 4.78 is 0. The van der Waals surface area contributed by atoms with Crippen LogP contribution in [-0.2, 0) is 0 Å². The maximum absolute atomic E-state index is 6.21. The first kappa shape index (κ1) is 11.1. The molecule has 0 bridgehead atoms. The van der Waals surface area contributed by atoms with E-state index in [0.29, 0.717) is 5.54 Å². The molecule has 1 saturated heterocycles. The molecular weight excluding hydrogens is 204 g/mol. The second kappa shape index (κ2) is 4.24. The molecule has 84 valence electrons. The van der Waals surface area contributed by atoms with E-state index in [0.717, 1.165) is 6.54 Å². The zero-order valence-electron chi connectivity index (χ0n) is 9.57. The number of nitrogens with zero attached hydrogens (tertiary/aromatic N) is 1. The lowest BCUT2D eigenvalue weighted by Gasteiger charge is -2.33. The van der Waals surface area contributed by atoms with Gasteiger partial charge in [0.05, 0.1) is 6.04 Å². The third kappa shape index (κ3) is 2.41. The maximum atomic E-state index is 6.21. The smallest absolute Gasteiger partial charge is 0.0519 e. The van der Waals surface area contributed by atoms with Gasteiger partial charge in [0.25, 0.3) is 0 Å². The largest absolute Gasteiger partial charge is 0.322 e. The van der Waals surface area contributed by atoms with E-state index in [1.807, 2.05) is 0 Å². The summed E-state index contributed by atoms with van der Waals surface area (Å²) in [5, 5.41) is 2.10. The van der Waals surface area contributed by atoms with Gasteiger partial charge in [-0.2, -0.15) is 0 Å². The summed E-state index contributed by atoms with van der Waals surface area (Å²) in [5.74, 6) is 0. The Morgan fingerprint density at radius 2 is 2.40 bits per heavy atom. The van der Waals surface area contributed by atoms with Crippen LogP contribution >= 0.6 is 11.3 Å². The van der Waals surface area contributed by atoms with Crippen molar-refractivity contribution >= 4 is 11.3 Å². The van der Waals surface area contributed by atoms with Crippen molar-refractivity contribution < 1.29 is 0 Å². The Bertz CT molecular complexity index is 305. The van der Waals surface area contributed by atoms with Crippen molar-refractivity contribution in [3.8, 4) is 0 Å². The van der Waals surface area contributed by atoms with E-state index in [-0.39, 0.29) is 6.04 Å². The molecule has 2 nitrogen and oxygen atoms in total. The lowest BCUT2D eigenvalue weighted by Crippen LogP contribution is -2.42. The quantitative estimate of drug-likeness (QED) is 0.855. The molecule has 0 amide bonds. The number of thiophene rings is 1. The molecule has 2 rings (SSSR count). The third-order valence-corrected chi connectivity index (χ3v) is 4.40. The van der Waals surface area contributed by atoms with Crippen LogP contribution in [0.25, 0.3) is 0 Å². The van der Waals surface area contributed by atoms with Crippen LogP contribution in [0.3, 0.4) is 0 Å². The number of hydrogen-bond donors (Lipinski definition) is 1. The highest BCUT2D eigenvalue weighted by Gasteiger charge is 2.32. The number of hydrogen-bond acceptors (Lipinski definition) is 3. The number of nitrogens with two attached hydrogens (primary N) is 1. The fourth-order valence-electron chi connectivity index (χ4n) is 2.33. The van der Waals surface area contributed by atoms with Crippen molar-refractivity contribution in [2.24, 2.45) is 5.73 Å².